The standard InChI is InChI=1S/C17H21ClN4OS/c1-21-9-6-8-13(21)14-7-4-3-5-10-22(14)16(23)15-12(18)11-19-17(20-15)24-2/h6,8-9,11,14H,3-5,7,10H2,1-2H3. The van der Waals surface area contributed by atoms with E-state index < -0.39 is 0 Å². The highest BCUT2D eigenvalue weighted by Gasteiger charge is 2.31. The van der Waals surface area contributed by atoms with Gasteiger partial charge in [-0.3, -0.25) is 4.79 Å². The third kappa shape index (κ3) is 3.44. The molecule has 1 fully saturated rings. The van der Waals surface area contributed by atoms with Gasteiger partial charge in [-0.1, -0.05) is 36.2 Å². The predicted octanol–water partition coefficient (Wildman–Crippen LogP) is 3.95. The van der Waals surface area contributed by atoms with E-state index >= 15 is 0 Å². The Kier molecular flexibility index (Phi) is 5.46. The van der Waals surface area contributed by atoms with Crippen molar-refractivity contribution in [3.63, 3.8) is 0 Å². The highest BCUT2D eigenvalue weighted by Crippen LogP contribution is 2.32. The van der Waals surface area contributed by atoms with Gasteiger partial charge in [-0.2, -0.15) is 0 Å². The Balaban J connectivity index is 1.97. The summed E-state index contributed by atoms with van der Waals surface area (Å²) in [5.74, 6) is -0.106. The minimum Gasteiger partial charge on any atom is -0.353 e. The molecular formula is C17H21ClN4OS. The van der Waals surface area contributed by atoms with Crippen LogP contribution in [0.1, 0.15) is 47.9 Å². The lowest BCUT2D eigenvalue weighted by Crippen LogP contribution is -2.36. The third-order valence-corrected chi connectivity index (χ3v) is 5.28. The molecule has 128 valence electrons. The average Bonchev–Trinajstić information content (AvgIpc) is 2.87. The molecule has 5 nitrogen and oxygen atoms in total. The molecule has 0 bridgehead atoms. The summed E-state index contributed by atoms with van der Waals surface area (Å²) >= 11 is 7.63. The predicted molar refractivity (Wildman–Crippen MR) is 96.5 cm³/mol. The molecule has 3 heterocycles. The van der Waals surface area contributed by atoms with E-state index in [-0.39, 0.29) is 11.9 Å². The maximum absolute atomic E-state index is 13.2. The van der Waals surface area contributed by atoms with Crippen molar-refractivity contribution in [1.29, 1.82) is 0 Å². The summed E-state index contributed by atoms with van der Waals surface area (Å²) in [6.07, 6.45) is 9.64. The zero-order valence-electron chi connectivity index (χ0n) is 13.9. The van der Waals surface area contributed by atoms with Gasteiger partial charge < -0.3 is 9.47 Å². The zero-order valence-corrected chi connectivity index (χ0v) is 15.5. The Labute approximate surface area is 151 Å². The van der Waals surface area contributed by atoms with Gasteiger partial charge >= 0.3 is 0 Å². The first-order valence-corrected chi connectivity index (χ1v) is 9.71. The monoisotopic (exact) mass is 364 g/mol. The molecule has 3 rings (SSSR count). The van der Waals surface area contributed by atoms with Gasteiger partial charge in [0.25, 0.3) is 5.91 Å². The van der Waals surface area contributed by atoms with Gasteiger partial charge in [0.2, 0.25) is 0 Å². The Morgan fingerprint density at radius 2 is 2.21 bits per heavy atom. The Morgan fingerprint density at radius 1 is 1.38 bits per heavy atom. The summed E-state index contributed by atoms with van der Waals surface area (Å²) in [7, 11) is 2.02. The second kappa shape index (κ2) is 7.57. The van der Waals surface area contributed by atoms with Gasteiger partial charge in [-0.15, -0.1) is 0 Å². The van der Waals surface area contributed by atoms with Gasteiger partial charge in [0.15, 0.2) is 10.9 Å². The second-order valence-electron chi connectivity index (χ2n) is 5.96. The number of hydrogen-bond donors (Lipinski definition) is 0. The number of aryl methyl sites for hydroxylation is 1. The number of rotatable bonds is 3. The van der Waals surface area contributed by atoms with E-state index in [9.17, 15) is 4.79 Å². The van der Waals surface area contributed by atoms with E-state index in [0.29, 0.717) is 15.9 Å². The van der Waals surface area contributed by atoms with Crippen molar-refractivity contribution in [3.8, 4) is 0 Å². The van der Waals surface area contributed by atoms with Crippen LogP contribution in [-0.2, 0) is 7.05 Å². The van der Waals surface area contributed by atoms with Crippen LogP contribution < -0.4 is 0 Å². The van der Waals surface area contributed by atoms with Gasteiger partial charge in [0, 0.05) is 25.5 Å². The van der Waals surface area contributed by atoms with Crippen LogP contribution in [0.25, 0.3) is 0 Å². The van der Waals surface area contributed by atoms with E-state index in [0.717, 1.165) is 37.9 Å². The smallest absolute Gasteiger partial charge is 0.274 e. The van der Waals surface area contributed by atoms with Crippen molar-refractivity contribution < 1.29 is 4.79 Å². The quantitative estimate of drug-likeness (QED) is 0.611. The lowest BCUT2D eigenvalue weighted by molar-refractivity contribution is 0.0667. The summed E-state index contributed by atoms with van der Waals surface area (Å²) in [6, 6.07) is 4.17. The zero-order chi connectivity index (χ0) is 17.1. The van der Waals surface area contributed by atoms with E-state index in [1.54, 1.807) is 0 Å². The van der Waals surface area contributed by atoms with Crippen molar-refractivity contribution >= 4 is 29.3 Å². The molecule has 0 aromatic carbocycles. The Morgan fingerprint density at radius 3 is 2.92 bits per heavy atom. The number of hydrogen-bond acceptors (Lipinski definition) is 4. The van der Waals surface area contributed by atoms with E-state index in [1.165, 1.54) is 18.0 Å². The number of halogens is 1. The number of carbonyl (C=O) groups is 1. The minimum atomic E-state index is -0.106. The largest absolute Gasteiger partial charge is 0.353 e. The molecule has 1 atom stereocenters. The van der Waals surface area contributed by atoms with Crippen LogP contribution in [-0.4, -0.2) is 38.1 Å². The van der Waals surface area contributed by atoms with Gasteiger partial charge in [-0.05, 0) is 31.2 Å². The maximum atomic E-state index is 13.2. The molecule has 0 radical (unpaired) electrons. The molecule has 1 aliphatic rings. The van der Waals surface area contributed by atoms with Crippen molar-refractivity contribution in [1.82, 2.24) is 19.4 Å². The first kappa shape index (κ1) is 17.3. The van der Waals surface area contributed by atoms with Crippen molar-refractivity contribution in [2.45, 2.75) is 36.9 Å². The van der Waals surface area contributed by atoms with Crippen LogP contribution in [0.15, 0.2) is 29.7 Å². The van der Waals surface area contributed by atoms with Crippen molar-refractivity contribution in [2.24, 2.45) is 7.05 Å². The minimum absolute atomic E-state index is 0.0590. The number of likely N-dealkylation sites (tertiary alicyclic amines) is 1. The first-order valence-electron chi connectivity index (χ1n) is 8.10. The second-order valence-corrected chi connectivity index (χ2v) is 7.14. The topological polar surface area (TPSA) is 51.0 Å². The van der Waals surface area contributed by atoms with Crippen LogP contribution >= 0.6 is 23.4 Å². The third-order valence-electron chi connectivity index (χ3n) is 4.45. The molecule has 1 saturated heterocycles. The molecule has 2 aromatic rings. The molecular weight excluding hydrogens is 344 g/mol. The van der Waals surface area contributed by atoms with Crippen LogP contribution in [0.5, 0.6) is 0 Å². The SMILES string of the molecule is CSc1ncc(Cl)c(C(=O)N2CCCCCC2c2cccn2C)n1. The van der Waals surface area contributed by atoms with Gasteiger partial charge in [0.1, 0.15) is 0 Å². The van der Waals surface area contributed by atoms with E-state index in [4.69, 9.17) is 11.6 Å². The molecule has 0 aliphatic carbocycles. The van der Waals surface area contributed by atoms with Gasteiger partial charge in [-0.25, -0.2) is 9.97 Å². The fourth-order valence-electron chi connectivity index (χ4n) is 3.21. The van der Waals surface area contributed by atoms with Crippen molar-refractivity contribution in [3.05, 3.63) is 40.9 Å². The highest BCUT2D eigenvalue weighted by atomic mass is 35.5. The molecule has 24 heavy (non-hydrogen) atoms. The number of carbonyl (C=O) groups excluding carboxylic acids is 1. The van der Waals surface area contributed by atoms with Crippen LogP contribution in [0.2, 0.25) is 5.02 Å². The van der Waals surface area contributed by atoms with Crippen LogP contribution in [0, 0.1) is 0 Å². The lowest BCUT2D eigenvalue weighted by atomic mass is 10.1. The van der Waals surface area contributed by atoms with E-state index in [1.807, 2.05) is 30.5 Å². The fraction of sp³-hybridized carbons (Fsp3) is 0.471. The molecule has 1 unspecified atom stereocenters. The number of nitrogens with zero attached hydrogens (tertiary/aromatic N) is 4. The molecule has 0 spiro atoms. The fourth-order valence-corrected chi connectivity index (χ4v) is 3.73. The molecule has 2 aromatic heterocycles. The van der Waals surface area contributed by atoms with E-state index in [2.05, 4.69) is 20.6 Å². The van der Waals surface area contributed by atoms with Gasteiger partial charge in [0.05, 0.1) is 17.3 Å². The number of amides is 1. The Bertz CT molecular complexity index is 733. The molecule has 0 N–H and O–H groups in total. The summed E-state index contributed by atoms with van der Waals surface area (Å²) in [4.78, 5) is 23.6. The van der Waals surface area contributed by atoms with Crippen LogP contribution in [0.3, 0.4) is 0 Å². The number of aromatic nitrogens is 3. The normalized spacial score (nSPS) is 18.5. The van der Waals surface area contributed by atoms with Crippen molar-refractivity contribution in [2.75, 3.05) is 12.8 Å². The molecule has 1 amide bonds. The molecule has 1 aliphatic heterocycles. The Hall–Kier alpha value is -1.53. The van der Waals surface area contributed by atoms with Crippen LogP contribution in [0.4, 0.5) is 0 Å². The molecule has 7 heteroatoms. The summed E-state index contributed by atoms with van der Waals surface area (Å²) in [6.45, 7) is 0.726. The first-order chi connectivity index (χ1) is 11.6. The molecule has 0 saturated carbocycles. The summed E-state index contributed by atoms with van der Waals surface area (Å²) < 4.78 is 2.09. The maximum Gasteiger partial charge on any atom is 0.274 e. The average molecular weight is 365 g/mol. The number of thioether (sulfide) groups is 1. The lowest BCUT2D eigenvalue weighted by Gasteiger charge is -2.30. The summed E-state index contributed by atoms with van der Waals surface area (Å²) in [5, 5.41) is 0.876. The highest BCUT2D eigenvalue weighted by molar-refractivity contribution is 7.98. The summed E-state index contributed by atoms with van der Waals surface area (Å²) in [5.41, 5.74) is 1.46.